The van der Waals surface area contributed by atoms with Crippen molar-refractivity contribution in [2.45, 2.75) is 19.8 Å². The van der Waals surface area contributed by atoms with E-state index in [1.54, 1.807) is 14.0 Å². The Morgan fingerprint density at radius 2 is 2.13 bits per heavy atom. The van der Waals surface area contributed by atoms with Gasteiger partial charge in [-0.1, -0.05) is 24.8 Å². The average molecular weight is 208 g/mol. The van der Waals surface area contributed by atoms with Crippen LogP contribution in [0.3, 0.4) is 0 Å². The molecule has 0 aliphatic rings. The largest absolute Gasteiger partial charge is 0.496 e. The van der Waals surface area contributed by atoms with Gasteiger partial charge in [0.15, 0.2) is 6.29 Å². The molecule has 0 saturated heterocycles. The third kappa shape index (κ3) is 3.38. The molecule has 0 bridgehead atoms. The third-order valence-corrected chi connectivity index (χ3v) is 2.01. The number of methoxy groups -OCH3 is 1. The Morgan fingerprint density at radius 3 is 2.73 bits per heavy atom. The molecule has 1 aromatic carbocycles. The van der Waals surface area contributed by atoms with Crippen molar-refractivity contribution < 1.29 is 14.6 Å². The van der Waals surface area contributed by atoms with Crippen LogP contribution in [0.5, 0.6) is 5.75 Å². The van der Waals surface area contributed by atoms with Crippen molar-refractivity contribution in [3.8, 4) is 5.75 Å². The minimum absolute atomic E-state index is 0.304. The van der Waals surface area contributed by atoms with E-state index in [0.717, 1.165) is 11.3 Å². The number of hydrogen-bond donors (Lipinski definition) is 1. The lowest BCUT2D eigenvalue weighted by Crippen LogP contribution is -2.12. The molecular formula is C12H16O3. The van der Waals surface area contributed by atoms with E-state index in [2.05, 4.69) is 6.58 Å². The molecule has 0 fully saturated rings. The summed E-state index contributed by atoms with van der Waals surface area (Å²) in [5.41, 5.74) is 1.49. The molecule has 82 valence electrons. The van der Waals surface area contributed by atoms with Crippen LogP contribution in [0.1, 0.15) is 12.5 Å². The van der Waals surface area contributed by atoms with Gasteiger partial charge in [-0.3, -0.25) is 0 Å². The molecule has 1 unspecified atom stereocenters. The Kier molecular flexibility index (Phi) is 4.34. The van der Waals surface area contributed by atoms with Crippen LogP contribution >= 0.6 is 0 Å². The van der Waals surface area contributed by atoms with Crippen molar-refractivity contribution in [3.63, 3.8) is 0 Å². The van der Waals surface area contributed by atoms with E-state index in [1.165, 1.54) is 0 Å². The number of aliphatic hydroxyl groups is 1. The molecule has 0 spiro atoms. The second-order valence-electron chi connectivity index (χ2n) is 3.32. The van der Waals surface area contributed by atoms with E-state index >= 15 is 0 Å². The minimum Gasteiger partial charge on any atom is -0.496 e. The van der Waals surface area contributed by atoms with Crippen molar-refractivity contribution in [1.29, 1.82) is 0 Å². The summed E-state index contributed by atoms with van der Waals surface area (Å²) < 4.78 is 10.4. The molecule has 3 nitrogen and oxygen atoms in total. The van der Waals surface area contributed by atoms with Crippen LogP contribution in [0.2, 0.25) is 0 Å². The molecule has 0 aliphatic heterocycles. The fourth-order valence-corrected chi connectivity index (χ4v) is 1.13. The van der Waals surface area contributed by atoms with Crippen LogP contribution < -0.4 is 4.74 Å². The highest BCUT2D eigenvalue weighted by atomic mass is 16.6. The summed E-state index contributed by atoms with van der Waals surface area (Å²) in [6.07, 6.45) is -0.921. The fourth-order valence-electron chi connectivity index (χ4n) is 1.13. The van der Waals surface area contributed by atoms with Crippen molar-refractivity contribution >= 4 is 0 Å². The predicted molar refractivity (Wildman–Crippen MR) is 58.6 cm³/mol. The number of hydrogen-bond acceptors (Lipinski definition) is 3. The summed E-state index contributed by atoms with van der Waals surface area (Å²) in [4.78, 5) is 0. The van der Waals surface area contributed by atoms with E-state index in [-0.39, 0.29) is 0 Å². The first-order valence-electron chi connectivity index (χ1n) is 4.72. The molecule has 0 aromatic heterocycles. The molecule has 0 radical (unpaired) electrons. The summed E-state index contributed by atoms with van der Waals surface area (Å²) in [6, 6.07) is 7.53. The van der Waals surface area contributed by atoms with Gasteiger partial charge in [0, 0.05) is 5.56 Å². The Labute approximate surface area is 90.0 Å². The molecule has 0 amide bonds. The summed E-state index contributed by atoms with van der Waals surface area (Å²) >= 11 is 0. The molecule has 1 rings (SSSR count). The van der Waals surface area contributed by atoms with E-state index in [1.807, 2.05) is 24.3 Å². The number of rotatable bonds is 5. The maximum atomic E-state index is 9.39. The van der Waals surface area contributed by atoms with E-state index in [0.29, 0.717) is 12.2 Å². The summed E-state index contributed by atoms with van der Waals surface area (Å²) in [5.74, 6) is 0.756. The van der Waals surface area contributed by atoms with Gasteiger partial charge in [-0.05, 0) is 18.6 Å². The lowest BCUT2D eigenvalue weighted by Gasteiger charge is -2.13. The van der Waals surface area contributed by atoms with Crippen LogP contribution in [0.15, 0.2) is 36.4 Å². The summed E-state index contributed by atoms with van der Waals surface area (Å²) in [5, 5.41) is 9.39. The molecule has 1 atom stereocenters. The van der Waals surface area contributed by atoms with Gasteiger partial charge in [-0.2, -0.15) is 0 Å². The van der Waals surface area contributed by atoms with Gasteiger partial charge in [0.1, 0.15) is 5.75 Å². The van der Waals surface area contributed by atoms with Crippen LogP contribution in [-0.4, -0.2) is 18.5 Å². The van der Waals surface area contributed by atoms with Gasteiger partial charge in [0.05, 0.1) is 13.7 Å². The Hall–Kier alpha value is -1.32. The third-order valence-electron chi connectivity index (χ3n) is 2.01. The van der Waals surface area contributed by atoms with Gasteiger partial charge in [-0.25, -0.2) is 0 Å². The van der Waals surface area contributed by atoms with Crippen molar-refractivity contribution in [1.82, 2.24) is 0 Å². The smallest absolute Gasteiger partial charge is 0.176 e. The molecule has 0 heterocycles. The van der Waals surface area contributed by atoms with Gasteiger partial charge in [-0.15, -0.1) is 0 Å². The van der Waals surface area contributed by atoms with Gasteiger partial charge in [0.2, 0.25) is 0 Å². The molecule has 1 aromatic rings. The number of ether oxygens (including phenoxy) is 2. The van der Waals surface area contributed by atoms with Crippen molar-refractivity contribution in [2.24, 2.45) is 0 Å². The Balaban J connectivity index is 2.60. The molecule has 0 saturated carbocycles. The van der Waals surface area contributed by atoms with Gasteiger partial charge >= 0.3 is 0 Å². The normalized spacial score (nSPS) is 12.2. The van der Waals surface area contributed by atoms with Crippen molar-refractivity contribution in [3.05, 3.63) is 42.0 Å². The zero-order chi connectivity index (χ0) is 11.3. The number of aliphatic hydroxyl groups excluding tert-OH is 1. The first-order chi connectivity index (χ1) is 7.15. The lowest BCUT2D eigenvalue weighted by atomic mass is 10.2. The minimum atomic E-state index is -0.921. The molecule has 15 heavy (non-hydrogen) atoms. The van der Waals surface area contributed by atoms with E-state index < -0.39 is 6.29 Å². The highest BCUT2D eigenvalue weighted by molar-refractivity contribution is 5.32. The van der Waals surface area contributed by atoms with Crippen LogP contribution in [-0.2, 0) is 11.3 Å². The highest BCUT2D eigenvalue weighted by Gasteiger charge is 2.07. The second-order valence-corrected chi connectivity index (χ2v) is 3.32. The maximum Gasteiger partial charge on any atom is 0.176 e. The van der Waals surface area contributed by atoms with Gasteiger partial charge in [0.25, 0.3) is 0 Å². The molecule has 1 N–H and O–H groups in total. The first-order valence-corrected chi connectivity index (χ1v) is 4.72. The van der Waals surface area contributed by atoms with Crippen molar-refractivity contribution in [2.75, 3.05) is 7.11 Å². The SMILES string of the molecule is C=C(C)C(O)OCc1ccccc1OC. The first kappa shape index (κ1) is 11.8. The zero-order valence-corrected chi connectivity index (χ0v) is 9.06. The predicted octanol–water partition coefficient (Wildman–Crippen LogP) is 2.11. The van der Waals surface area contributed by atoms with Crippen LogP contribution in [0, 0.1) is 0 Å². The highest BCUT2D eigenvalue weighted by Crippen LogP contribution is 2.18. The molecule has 3 heteroatoms. The Bertz CT molecular complexity index is 333. The van der Waals surface area contributed by atoms with E-state index in [4.69, 9.17) is 9.47 Å². The maximum absolute atomic E-state index is 9.39. The average Bonchev–Trinajstić information content (AvgIpc) is 2.26. The monoisotopic (exact) mass is 208 g/mol. The second kappa shape index (κ2) is 5.53. The van der Waals surface area contributed by atoms with Gasteiger partial charge < -0.3 is 14.6 Å². The van der Waals surface area contributed by atoms with Crippen LogP contribution in [0.4, 0.5) is 0 Å². The fraction of sp³-hybridized carbons (Fsp3) is 0.333. The topological polar surface area (TPSA) is 38.7 Å². The summed E-state index contributed by atoms with van der Waals surface area (Å²) in [6.45, 7) is 5.62. The molecule has 0 aliphatic carbocycles. The number of benzene rings is 1. The number of para-hydroxylation sites is 1. The standard InChI is InChI=1S/C12H16O3/c1-9(2)12(13)15-8-10-6-4-5-7-11(10)14-3/h4-7,12-13H,1,8H2,2-3H3. The quantitative estimate of drug-likeness (QED) is 0.595. The Morgan fingerprint density at radius 1 is 1.47 bits per heavy atom. The van der Waals surface area contributed by atoms with E-state index in [9.17, 15) is 5.11 Å². The summed E-state index contributed by atoms with van der Waals surface area (Å²) in [7, 11) is 1.61. The van der Waals surface area contributed by atoms with Crippen LogP contribution in [0.25, 0.3) is 0 Å². The lowest BCUT2D eigenvalue weighted by molar-refractivity contribution is -0.0812. The molecular weight excluding hydrogens is 192 g/mol. The zero-order valence-electron chi connectivity index (χ0n) is 9.06.